The molecule has 0 aliphatic rings. The quantitative estimate of drug-likeness (QED) is 0.822. The summed E-state index contributed by atoms with van der Waals surface area (Å²) in [6, 6.07) is 17.9. The Morgan fingerprint density at radius 1 is 1.20 bits per heavy atom. The van der Waals surface area contributed by atoms with Crippen LogP contribution in [0.25, 0.3) is 0 Å². The Balaban J connectivity index is 2.27. The molecule has 0 amide bonds. The van der Waals surface area contributed by atoms with Crippen molar-refractivity contribution in [3.8, 4) is 6.07 Å². The van der Waals surface area contributed by atoms with Gasteiger partial charge in [-0.2, -0.15) is 5.26 Å². The first-order valence-electron chi connectivity index (χ1n) is 6.75. The summed E-state index contributed by atoms with van der Waals surface area (Å²) in [5.41, 5.74) is 2.65. The molecule has 1 atom stereocenters. The van der Waals surface area contributed by atoms with E-state index in [2.05, 4.69) is 30.4 Å². The minimum absolute atomic E-state index is 0.202. The second-order valence-electron chi connectivity index (χ2n) is 4.70. The molecule has 0 saturated heterocycles. The predicted molar refractivity (Wildman–Crippen MR) is 83.9 cm³/mol. The largest absolute Gasteiger partial charge is 0.377 e. The molecule has 2 aromatic carbocycles. The number of nitrogens with one attached hydrogen (secondary N) is 1. The van der Waals surface area contributed by atoms with Gasteiger partial charge in [-0.15, -0.1) is 0 Å². The summed E-state index contributed by atoms with van der Waals surface area (Å²) in [4.78, 5) is 0. The first-order valence-corrected chi connectivity index (χ1v) is 7.13. The number of benzene rings is 2. The summed E-state index contributed by atoms with van der Waals surface area (Å²) in [5.74, 6) is 0. The van der Waals surface area contributed by atoms with E-state index in [0.29, 0.717) is 10.6 Å². The van der Waals surface area contributed by atoms with Gasteiger partial charge in [-0.25, -0.2) is 0 Å². The lowest BCUT2D eigenvalue weighted by Crippen LogP contribution is -2.11. The van der Waals surface area contributed by atoms with E-state index in [-0.39, 0.29) is 6.04 Å². The Morgan fingerprint density at radius 3 is 2.60 bits per heavy atom. The fourth-order valence-corrected chi connectivity index (χ4v) is 2.36. The fraction of sp³-hybridized carbons (Fsp3) is 0.235. The average Bonchev–Trinajstić information content (AvgIpc) is 2.49. The Bertz CT molecular complexity index is 602. The highest BCUT2D eigenvalue weighted by Crippen LogP contribution is 2.29. The maximum absolute atomic E-state index is 8.99. The smallest absolute Gasteiger partial charge is 0.0992 e. The molecule has 1 unspecified atom stereocenters. The topological polar surface area (TPSA) is 35.8 Å². The molecule has 0 aliphatic heterocycles. The Kier molecular flexibility index (Phi) is 5.03. The fourth-order valence-electron chi connectivity index (χ4n) is 2.19. The van der Waals surface area contributed by atoms with Crippen molar-refractivity contribution in [1.82, 2.24) is 0 Å². The van der Waals surface area contributed by atoms with Gasteiger partial charge in [0.1, 0.15) is 0 Å². The van der Waals surface area contributed by atoms with Crippen molar-refractivity contribution < 1.29 is 0 Å². The van der Waals surface area contributed by atoms with E-state index in [4.69, 9.17) is 16.9 Å². The summed E-state index contributed by atoms with van der Waals surface area (Å²) in [6.45, 7) is 2.16. The van der Waals surface area contributed by atoms with Crippen LogP contribution in [0.2, 0.25) is 5.02 Å². The van der Waals surface area contributed by atoms with Crippen LogP contribution in [-0.4, -0.2) is 0 Å². The standard InChI is InChI=1S/C17H17ClN2/c1-2-6-16(14-7-4-3-5-8-14)20-17-11-13(12-19)9-10-15(17)18/h3-5,7-11,16,20H,2,6H2,1H3. The van der Waals surface area contributed by atoms with E-state index in [1.165, 1.54) is 5.56 Å². The Morgan fingerprint density at radius 2 is 1.95 bits per heavy atom. The van der Waals surface area contributed by atoms with Crippen molar-refractivity contribution in [2.45, 2.75) is 25.8 Å². The first-order chi connectivity index (χ1) is 9.74. The molecule has 3 heteroatoms. The number of hydrogen-bond donors (Lipinski definition) is 1. The van der Waals surface area contributed by atoms with E-state index < -0.39 is 0 Å². The van der Waals surface area contributed by atoms with Crippen LogP contribution in [0.3, 0.4) is 0 Å². The third-order valence-corrected chi connectivity index (χ3v) is 3.53. The zero-order valence-electron chi connectivity index (χ0n) is 11.4. The summed E-state index contributed by atoms with van der Waals surface area (Å²) >= 11 is 6.21. The van der Waals surface area contributed by atoms with Crippen molar-refractivity contribution in [2.75, 3.05) is 5.32 Å². The lowest BCUT2D eigenvalue weighted by atomic mass is 10.0. The van der Waals surface area contributed by atoms with Gasteiger partial charge in [-0.1, -0.05) is 55.3 Å². The van der Waals surface area contributed by atoms with Gasteiger partial charge < -0.3 is 5.32 Å². The summed E-state index contributed by atoms with van der Waals surface area (Å²) < 4.78 is 0. The number of hydrogen-bond acceptors (Lipinski definition) is 2. The molecule has 1 N–H and O–H groups in total. The Hall–Kier alpha value is -1.98. The van der Waals surface area contributed by atoms with Crippen LogP contribution in [-0.2, 0) is 0 Å². The van der Waals surface area contributed by atoms with Crippen LogP contribution in [0.1, 0.15) is 36.9 Å². The van der Waals surface area contributed by atoms with Gasteiger partial charge >= 0.3 is 0 Å². The monoisotopic (exact) mass is 284 g/mol. The van der Waals surface area contributed by atoms with Crippen molar-refractivity contribution in [2.24, 2.45) is 0 Å². The molecule has 2 nitrogen and oxygen atoms in total. The van der Waals surface area contributed by atoms with E-state index in [1.807, 2.05) is 18.2 Å². The Labute approximate surface area is 125 Å². The third kappa shape index (κ3) is 3.53. The number of halogens is 1. The maximum atomic E-state index is 8.99. The first kappa shape index (κ1) is 14.4. The molecule has 2 rings (SSSR count). The highest BCUT2D eigenvalue weighted by Gasteiger charge is 2.12. The van der Waals surface area contributed by atoms with Gasteiger partial charge in [-0.3, -0.25) is 0 Å². The lowest BCUT2D eigenvalue weighted by molar-refractivity contribution is 0.677. The van der Waals surface area contributed by atoms with Crippen LogP contribution in [0.5, 0.6) is 0 Å². The summed E-state index contributed by atoms with van der Waals surface area (Å²) in [5, 5.41) is 13.1. The summed E-state index contributed by atoms with van der Waals surface area (Å²) in [7, 11) is 0. The number of nitriles is 1. The van der Waals surface area contributed by atoms with E-state index >= 15 is 0 Å². The van der Waals surface area contributed by atoms with Gasteiger partial charge in [0, 0.05) is 0 Å². The minimum atomic E-state index is 0.202. The molecule has 2 aromatic rings. The second-order valence-corrected chi connectivity index (χ2v) is 5.11. The maximum Gasteiger partial charge on any atom is 0.0992 e. The number of nitrogens with zero attached hydrogens (tertiary/aromatic N) is 1. The van der Waals surface area contributed by atoms with Crippen molar-refractivity contribution in [3.05, 3.63) is 64.7 Å². The van der Waals surface area contributed by atoms with Gasteiger partial charge in [0.2, 0.25) is 0 Å². The molecule has 0 fully saturated rings. The molecule has 0 aromatic heterocycles. The third-order valence-electron chi connectivity index (χ3n) is 3.20. The van der Waals surface area contributed by atoms with Crippen molar-refractivity contribution in [3.63, 3.8) is 0 Å². The van der Waals surface area contributed by atoms with Crippen LogP contribution in [0, 0.1) is 11.3 Å². The molecule has 20 heavy (non-hydrogen) atoms. The van der Waals surface area contributed by atoms with Crippen LogP contribution in [0.4, 0.5) is 5.69 Å². The molecule has 0 saturated carbocycles. The lowest BCUT2D eigenvalue weighted by Gasteiger charge is -2.21. The van der Waals surface area contributed by atoms with E-state index in [1.54, 1.807) is 18.2 Å². The van der Waals surface area contributed by atoms with Gasteiger partial charge in [0.25, 0.3) is 0 Å². The molecule has 0 radical (unpaired) electrons. The van der Waals surface area contributed by atoms with Crippen molar-refractivity contribution >= 4 is 17.3 Å². The minimum Gasteiger partial charge on any atom is -0.377 e. The molecule has 0 bridgehead atoms. The summed E-state index contributed by atoms with van der Waals surface area (Å²) in [6.07, 6.45) is 2.08. The highest BCUT2D eigenvalue weighted by molar-refractivity contribution is 6.33. The van der Waals surface area contributed by atoms with Gasteiger partial charge in [0.15, 0.2) is 0 Å². The normalized spacial score (nSPS) is 11.7. The number of rotatable bonds is 5. The average molecular weight is 285 g/mol. The van der Waals surface area contributed by atoms with E-state index in [0.717, 1.165) is 18.5 Å². The molecule has 0 aliphatic carbocycles. The van der Waals surface area contributed by atoms with Gasteiger partial charge in [0.05, 0.1) is 28.4 Å². The van der Waals surface area contributed by atoms with E-state index in [9.17, 15) is 0 Å². The second kappa shape index (κ2) is 6.98. The van der Waals surface area contributed by atoms with Crippen LogP contribution in [0.15, 0.2) is 48.5 Å². The van der Waals surface area contributed by atoms with Crippen LogP contribution >= 0.6 is 11.6 Å². The molecular weight excluding hydrogens is 268 g/mol. The predicted octanol–water partition coefficient (Wildman–Crippen LogP) is 5.16. The number of anilines is 1. The van der Waals surface area contributed by atoms with Gasteiger partial charge in [-0.05, 0) is 30.2 Å². The molecule has 102 valence electrons. The highest BCUT2D eigenvalue weighted by atomic mass is 35.5. The van der Waals surface area contributed by atoms with Crippen LogP contribution < -0.4 is 5.32 Å². The SMILES string of the molecule is CCCC(Nc1cc(C#N)ccc1Cl)c1ccccc1. The molecule has 0 spiro atoms. The zero-order chi connectivity index (χ0) is 14.4. The van der Waals surface area contributed by atoms with Crippen molar-refractivity contribution in [1.29, 1.82) is 5.26 Å². The molecular formula is C17H17ClN2. The molecule has 0 heterocycles. The zero-order valence-corrected chi connectivity index (χ0v) is 12.2.